The SMILES string of the molecule is NCCc1nccn1CCO. The molecular weight excluding hydrogens is 142 g/mol. The van der Waals surface area contributed by atoms with Gasteiger partial charge in [-0.3, -0.25) is 0 Å². The van der Waals surface area contributed by atoms with Crippen LogP contribution in [0.1, 0.15) is 5.82 Å². The molecule has 1 aromatic rings. The van der Waals surface area contributed by atoms with Crippen LogP contribution >= 0.6 is 0 Å². The summed E-state index contributed by atoms with van der Waals surface area (Å²) >= 11 is 0. The van der Waals surface area contributed by atoms with Gasteiger partial charge in [0, 0.05) is 25.4 Å². The smallest absolute Gasteiger partial charge is 0.109 e. The van der Waals surface area contributed by atoms with E-state index in [0.29, 0.717) is 13.1 Å². The summed E-state index contributed by atoms with van der Waals surface area (Å²) in [5.41, 5.74) is 5.37. The minimum Gasteiger partial charge on any atom is -0.395 e. The Morgan fingerprint density at radius 3 is 3.09 bits per heavy atom. The first-order valence-corrected chi connectivity index (χ1v) is 3.69. The third-order valence-electron chi connectivity index (χ3n) is 1.51. The highest BCUT2D eigenvalue weighted by molar-refractivity contribution is 4.92. The van der Waals surface area contributed by atoms with Gasteiger partial charge in [0.2, 0.25) is 0 Å². The van der Waals surface area contributed by atoms with Crippen molar-refractivity contribution in [1.29, 1.82) is 0 Å². The van der Waals surface area contributed by atoms with Gasteiger partial charge in [-0.15, -0.1) is 0 Å². The second kappa shape index (κ2) is 4.10. The van der Waals surface area contributed by atoms with E-state index in [2.05, 4.69) is 4.98 Å². The summed E-state index contributed by atoms with van der Waals surface area (Å²) < 4.78 is 1.91. The van der Waals surface area contributed by atoms with Crippen molar-refractivity contribution in [2.45, 2.75) is 13.0 Å². The Bertz CT molecular complexity index is 189. The van der Waals surface area contributed by atoms with Crippen LogP contribution in [0, 0.1) is 0 Å². The molecule has 1 rings (SSSR count). The number of hydrogen-bond donors (Lipinski definition) is 2. The fraction of sp³-hybridized carbons (Fsp3) is 0.571. The summed E-state index contributed by atoms with van der Waals surface area (Å²) in [7, 11) is 0. The summed E-state index contributed by atoms with van der Waals surface area (Å²) in [4.78, 5) is 4.10. The Labute approximate surface area is 65.7 Å². The van der Waals surface area contributed by atoms with Crippen molar-refractivity contribution in [3.05, 3.63) is 18.2 Å². The highest BCUT2D eigenvalue weighted by Gasteiger charge is 1.98. The molecule has 0 saturated heterocycles. The summed E-state index contributed by atoms with van der Waals surface area (Å²) in [5.74, 6) is 0.946. The van der Waals surface area contributed by atoms with Crippen LogP contribution < -0.4 is 5.73 Å². The number of rotatable bonds is 4. The maximum absolute atomic E-state index is 8.65. The molecule has 1 heterocycles. The molecule has 62 valence electrons. The fourth-order valence-corrected chi connectivity index (χ4v) is 1.01. The lowest BCUT2D eigenvalue weighted by molar-refractivity contribution is 0.274. The maximum atomic E-state index is 8.65. The highest BCUT2D eigenvalue weighted by Crippen LogP contribution is 1.96. The van der Waals surface area contributed by atoms with Crippen LogP contribution in [0.2, 0.25) is 0 Å². The predicted molar refractivity (Wildman–Crippen MR) is 42.1 cm³/mol. The zero-order chi connectivity index (χ0) is 8.10. The van der Waals surface area contributed by atoms with Crippen molar-refractivity contribution in [2.75, 3.05) is 13.2 Å². The molecule has 3 N–H and O–H groups in total. The topological polar surface area (TPSA) is 64.1 Å². The van der Waals surface area contributed by atoms with Gasteiger partial charge in [0.1, 0.15) is 5.82 Å². The molecule has 4 heteroatoms. The first-order chi connectivity index (χ1) is 5.38. The molecule has 0 bridgehead atoms. The van der Waals surface area contributed by atoms with Crippen LogP contribution in [0.3, 0.4) is 0 Å². The van der Waals surface area contributed by atoms with Crippen molar-refractivity contribution in [3.8, 4) is 0 Å². The van der Waals surface area contributed by atoms with Gasteiger partial charge in [0.05, 0.1) is 6.61 Å². The zero-order valence-corrected chi connectivity index (χ0v) is 6.40. The molecule has 0 aliphatic rings. The fourth-order valence-electron chi connectivity index (χ4n) is 1.01. The van der Waals surface area contributed by atoms with Crippen molar-refractivity contribution in [2.24, 2.45) is 5.73 Å². The molecule has 0 amide bonds. The molecule has 0 radical (unpaired) electrons. The van der Waals surface area contributed by atoms with Crippen molar-refractivity contribution >= 4 is 0 Å². The van der Waals surface area contributed by atoms with Crippen molar-refractivity contribution in [3.63, 3.8) is 0 Å². The Morgan fingerprint density at radius 1 is 1.64 bits per heavy atom. The number of aliphatic hydroxyl groups excluding tert-OH is 1. The number of aromatic nitrogens is 2. The lowest BCUT2D eigenvalue weighted by Gasteiger charge is -2.03. The largest absolute Gasteiger partial charge is 0.395 e. The van der Waals surface area contributed by atoms with Gasteiger partial charge >= 0.3 is 0 Å². The van der Waals surface area contributed by atoms with E-state index in [1.165, 1.54) is 0 Å². The number of hydrogen-bond acceptors (Lipinski definition) is 3. The van der Waals surface area contributed by atoms with Gasteiger partial charge in [0.25, 0.3) is 0 Å². The number of nitrogens with two attached hydrogens (primary N) is 1. The first kappa shape index (κ1) is 8.23. The van der Waals surface area contributed by atoms with Crippen LogP contribution in [-0.4, -0.2) is 27.8 Å². The highest BCUT2D eigenvalue weighted by atomic mass is 16.3. The van der Waals surface area contributed by atoms with E-state index >= 15 is 0 Å². The number of imidazole rings is 1. The van der Waals surface area contributed by atoms with Crippen LogP contribution in [0.4, 0.5) is 0 Å². The Morgan fingerprint density at radius 2 is 2.45 bits per heavy atom. The Kier molecular flexibility index (Phi) is 3.07. The number of nitrogens with zero attached hydrogens (tertiary/aromatic N) is 2. The van der Waals surface area contributed by atoms with Gasteiger partial charge in [0.15, 0.2) is 0 Å². The summed E-state index contributed by atoms with van der Waals surface area (Å²) in [6.45, 7) is 1.35. The Hall–Kier alpha value is -0.870. The summed E-state index contributed by atoms with van der Waals surface area (Å²) in [6, 6.07) is 0. The summed E-state index contributed by atoms with van der Waals surface area (Å²) in [6.07, 6.45) is 4.34. The van der Waals surface area contributed by atoms with E-state index in [9.17, 15) is 0 Å². The van der Waals surface area contributed by atoms with Gasteiger partial charge in [-0.1, -0.05) is 0 Å². The molecule has 4 nitrogen and oxygen atoms in total. The van der Waals surface area contributed by atoms with Gasteiger partial charge in [-0.2, -0.15) is 0 Å². The van der Waals surface area contributed by atoms with E-state index in [4.69, 9.17) is 10.8 Å². The minimum absolute atomic E-state index is 0.147. The molecule has 0 aliphatic carbocycles. The lowest BCUT2D eigenvalue weighted by atomic mass is 10.4. The molecule has 11 heavy (non-hydrogen) atoms. The van der Waals surface area contributed by atoms with Crippen molar-refractivity contribution < 1.29 is 5.11 Å². The predicted octanol–water partition coefficient (Wildman–Crippen LogP) is -0.623. The molecule has 0 aliphatic heterocycles. The van der Waals surface area contributed by atoms with E-state index in [-0.39, 0.29) is 6.61 Å². The second-order valence-electron chi connectivity index (χ2n) is 2.30. The molecular formula is C7H13N3O. The average Bonchev–Trinajstić information content (AvgIpc) is 2.39. The second-order valence-corrected chi connectivity index (χ2v) is 2.30. The third-order valence-corrected chi connectivity index (χ3v) is 1.51. The average molecular weight is 155 g/mol. The normalized spacial score (nSPS) is 10.4. The monoisotopic (exact) mass is 155 g/mol. The standard InChI is InChI=1S/C7H13N3O/c8-2-1-7-9-3-4-10(7)5-6-11/h3-4,11H,1-2,5-6,8H2. The minimum atomic E-state index is 0.147. The van der Waals surface area contributed by atoms with Crippen LogP contribution in [0.15, 0.2) is 12.4 Å². The van der Waals surface area contributed by atoms with Crippen LogP contribution in [0.5, 0.6) is 0 Å². The molecule has 0 aromatic carbocycles. The zero-order valence-electron chi connectivity index (χ0n) is 6.40. The molecule has 0 fully saturated rings. The molecule has 0 saturated carbocycles. The lowest BCUT2D eigenvalue weighted by Crippen LogP contribution is -2.11. The molecule has 1 aromatic heterocycles. The van der Waals surface area contributed by atoms with E-state index in [1.807, 2.05) is 10.8 Å². The van der Waals surface area contributed by atoms with E-state index in [1.54, 1.807) is 6.20 Å². The van der Waals surface area contributed by atoms with Gasteiger partial charge in [-0.05, 0) is 6.54 Å². The molecule has 0 atom stereocenters. The molecule has 0 unspecified atom stereocenters. The number of aliphatic hydroxyl groups is 1. The quantitative estimate of drug-likeness (QED) is 0.609. The van der Waals surface area contributed by atoms with E-state index < -0.39 is 0 Å². The first-order valence-electron chi connectivity index (χ1n) is 3.69. The van der Waals surface area contributed by atoms with Gasteiger partial charge < -0.3 is 15.4 Å². The summed E-state index contributed by atoms with van der Waals surface area (Å²) in [5, 5.41) is 8.65. The maximum Gasteiger partial charge on any atom is 0.109 e. The van der Waals surface area contributed by atoms with E-state index in [0.717, 1.165) is 12.2 Å². The molecule has 0 spiro atoms. The van der Waals surface area contributed by atoms with Gasteiger partial charge in [-0.25, -0.2) is 4.98 Å². The van der Waals surface area contributed by atoms with Crippen molar-refractivity contribution in [1.82, 2.24) is 9.55 Å². The van der Waals surface area contributed by atoms with Crippen LogP contribution in [-0.2, 0) is 13.0 Å². The Balaban J connectivity index is 2.62. The third kappa shape index (κ3) is 2.03. The van der Waals surface area contributed by atoms with Crippen LogP contribution in [0.25, 0.3) is 0 Å².